The molecule has 5 aliphatic heterocycles. The third kappa shape index (κ3) is 9.95. The SMILES string of the molecule is Cc1cc(N)nc(-c2c(Cl)cc3c(N4CC5CCC(C4)N5)nc(OC[C@@H]4CCCN4CCCOCCOCCOc4cccc5c4CN(C4CCC(=O)NC4=O)C5=O)nc3c2F)c1C(F)(F)F. The fraction of sp³-hybridized carbons (Fsp3) is 0.522. The van der Waals surface area contributed by atoms with E-state index in [-0.39, 0.29) is 95.9 Å². The standard InChI is InChI=1S/C46H52ClF4N9O7/c1-25-19-35(52)54-41(38(25)46(49,50)51)37-32(47)20-30-40(39(37)48)56-45(57-42(30)59-21-26-8-9-27(22-59)53-26)67-24-28-5-3-12-58(28)13-4-14-64-15-16-65-17-18-66-34-7-2-6-29-31(34)23-60(44(29)63)33-10-11-36(61)55-43(33)62/h2,6-7,19-20,26-28,33,53H,3-5,8-18,21-24H2,1H3,(H2,52,54)(H,55,61,62)/t26?,27?,28-,33?/m0/s1. The lowest BCUT2D eigenvalue weighted by Gasteiger charge is -2.34. The largest absolute Gasteiger partial charge is 0.491 e. The Balaban J connectivity index is 0.773. The number of halogens is 5. The summed E-state index contributed by atoms with van der Waals surface area (Å²) in [7, 11) is 0. The molecule has 4 saturated heterocycles. The first-order valence-corrected chi connectivity index (χ1v) is 23.1. The number of aryl methyl sites for hydroxylation is 1. The van der Waals surface area contributed by atoms with E-state index in [9.17, 15) is 27.6 Å². The van der Waals surface area contributed by atoms with Gasteiger partial charge in [-0.1, -0.05) is 17.7 Å². The Morgan fingerprint density at radius 3 is 2.46 bits per heavy atom. The molecule has 0 aliphatic carbocycles. The highest BCUT2D eigenvalue weighted by molar-refractivity contribution is 6.34. The molecule has 0 saturated carbocycles. The molecule has 5 aliphatic rings. The molecule has 67 heavy (non-hydrogen) atoms. The molecular formula is C46H52ClF4N9O7. The van der Waals surface area contributed by atoms with Crippen LogP contribution in [0.1, 0.15) is 72.0 Å². The van der Waals surface area contributed by atoms with Crippen molar-refractivity contribution in [3.05, 3.63) is 63.4 Å². The van der Waals surface area contributed by atoms with Crippen molar-refractivity contribution < 1.29 is 50.9 Å². The van der Waals surface area contributed by atoms with E-state index in [2.05, 4.69) is 25.5 Å². The Hall–Kier alpha value is -5.41. The smallest absolute Gasteiger partial charge is 0.418 e. The van der Waals surface area contributed by atoms with Crippen LogP contribution in [0.15, 0.2) is 30.3 Å². The molecule has 7 heterocycles. The summed E-state index contributed by atoms with van der Waals surface area (Å²) in [5.41, 5.74) is 4.23. The topological polar surface area (TPSA) is 187 Å². The highest BCUT2D eigenvalue weighted by Gasteiger charge is 2.41. The summed E-state index contributed by atoms with van der Waals surface area (Å²) >= 11 is 6.66. The van der Waals surface area contributed by atoms with Crippen molar-refractivity contribution in [2.24, 2.45) is 0 Å². The van der Waals surface area contributed by atoms with E-state index in [1.807, 2.05) is 4.90 Å². The summed E-state index contributed by atoms with van der Waals surface area (Å²) in [5, 5.41) is 5.87. The minimum Gasteiger partial charge on any atom is -0.491 e. The predicted octanol–water partition coefficient (Wildman–Crippen LogP) is 5.44. The number of aromatic nitrogens is 3. The molecule has 4 aromatic rings. The first-order valence-electron chi connectivity index (χ1n) is 22.7. The maximum atomic E-state index is 16.9. The van der Waals surface area contributed by atoms with Crippen LogP contribution in [0.25, 0.3) is 22.2 Å². The number of rotatable bonds is 17. The molecule has 2 aromatic heterocycles. The lowest BCUT2D eigenvalue weighted by atomic mass is 9.99. The number of piperazine rings is 1. The molecule has 2 bridgehead atoms. The van der Waals surface area contributed by atoms with Gasteiger partial charge in [-0.15, -0.1) is 0 Å². The predicted molar refractivity (Wildman–Crippen MR) is 238 cm³/mol. The summed E-state index contributed by atoms with van der Waals surface area (Å²) in [6, 6.07) is 7.34. The lowest BCUT2D eigenvalue weighted by Crippen LogP contribution is -2.52. The number of carbonyl (C=O) groups is 3. The number of nitrogens with zero attached hydrogens (tertiary/aromatic N) is 6. The van der Waals surface area contributed by atoms with Gasteiger partial charge in [0.25, 0.3) is 5.91 Å². The van der Waals surface area contributed by atoms with Crippen molar-refractivity contribution in [1.29, 1.82) is 0 Å². The van der Waals surface area contributed by atoms with E-state index in [0.29, 0.717) is 62.2 Å². The molecular weight excluding hydrogens is 902 g/mol. The van der Waals surface area contributed by atoms with Crippen LogP contribution in [0.2, 0.25) is 5.02 Å². The van der Waals surface area contributed by atoms with Gasteiger partial charge in [0.2, 0.25) is 11.8 Å². The van der Waals surface area contributed by atoms with Gasteiger partial charge in [0.15, 0.2) is 5.82 Å². The van der Waals surface area contributed by atoms with E-state index in [4.69, 9.17) is 41.3 Å². The van der Waals surface area contributed by atoms with Crippen molar-refractivity contribution in [1.82, 2.24) is 35.4 Å². The van der Waals surface area contributed by atoms with Crippen LogP contribution >= 0.6 is 11.6 Å². The van der Waals surface area contributed by atoms with Gasteiger partial charge in [0.05, 0.1) is 48.2 Å². The number of amides is 3. The Labute approximate surface area is 388 Å². The Bertz CT molecular complexity index is 2540. The number of pyridine rings is 1. The number of piperidine rings is 1. The molecule has 3 amide bonds. The molecule has 358 valence electrons. The van der Waals surface area contributed by atoms with E-state index in [1.54, 1.807) is 18.2 Å². The van der Waals surface area contributed by atoms with Gasteiger partial charge >= 0.3 is 12.2 Å². The average molecular weight is 954 g/mol. The monoisotopic (exact) mass is 953 g/mol. The number of likely N-dealkylation sites (tertiary alicyclic amines) is 1. The molecule has 4 fully saturated rings. The zero-order valence-electron chi connectivity index (χ0n) is 36.9. The number of hydrogen-bond acceptors (Lipinski definition) is 14. The highest BCUT2D eigenvalue weighted by atomic mass is 35.5. The van der Waals surface area contributed by atoms with Crippen LogP contribution in [-0.2, 0) is 31.8 Å². The van der Waals surface area contributed by atoms with Crippen LogP contribution in [0.4, 0.5) is 29.2 Å². The highest BCUT2D eigenvalue weighted by Crippen LogP contribution is 2.45. The third-order valence-corrected chi connectivity index (χ3v) is 13.4. The van der Waals surface area contributed by atoms with E-state index < -0.39 is 40.8 Å². The molecule has 0 spiro atoms. The zero-order valence-corrected chi connectivity index (χ0v) is 37.7. The van der Waals surface area contributed by atoms with Crippen LogP contribution in [0.5, 0.6) is 11.8 Å². The summed E-state index contributed by atoms with van der Waals surface area (Å²) < 4.78 is 83.9. The van der Waals surface area contributed by atoms with E-state index in [0.717, 1.165) is 51.3 Å². The zero-order chi connectivity index (χ0) is 47.0. The van der Waals surface area contributed by atoms with Crippen LogP contribution in [0, 0.1) is 12.7 Å². The van der Waals surface area contributed by atoms with Gasteiger partial charge in [0, 0.05) is 67.3 Å². The van der Waals surface area contributed by atoms with Crippen molar-refractivity contribution in [3.8, 4) is 23.0 Å². The summed E-state index contributed by atoms with van der Waals surface area (Å²) in [5.74, 6) is -1.41. The molecule has 0 radical (unpaired) electrons. The number of carbonyl (C=O) groups excluding carboxylic acids is 3. The fourth-order valence-electron chi connectivity index (χ4n) is 10.0. The second-order valence-corrected chi connectivity index (χ2v) is 18.1. The minimum atomic E-state index is -4.87. The second kappa shape index (κ2) is 19.7. The first kappa shape index (κ1) is 46.7. The maximum absolute atomic E-state index is 16.9. The van der Waals surface area contributed by atoms with Crippen molar-refractivity contribution in [2.75, 3.05) is 76.5 Å². The van der Waals surface area contributed by atoms with Gasteiger partial charge in [0.1, 0.15) is 42.2 Å². The number of anilines is 2. The van der Waals surface area contributed by atoms with Crippen LogP contribution in [-0.4, -0.2) is 132 Å². The fourth-order valence-corrected chi connectivity index (χ4v) is 10.3. The van der Waals surface area contributed by atoms with Crippen molar-refractivity contribution in [3.63, 3.8) is 0 Å². The van der Waals surface area contributed by atoms with Crippen molar-refractivity contribution >= 4 is 51.9 Å². The number of benzene rings is 2. The lowest BCUT2D eigenvalue weighted by molar-refractivity contribution is -0.138. The summed E-state index contributed by atoms with van der Waals surface area (Å²) in [6.45, 7) is 6.23. The van der Waals surface area contributed by atoms with Crippen LogP contribution in [0.3, 0.4) is 0 Å². The maximum Gasteiger partial charge on any atom is 0.418 e. The van der Waals surface area contributed by atoms with Crippen molar-refractivity contribution in [2.45, 2.75) is 88.8 Å². The van der Waals surface area contributed by atoms with Gasteiger partial charge in [-0.25, -0.2) is 9.37 Å². The molecule has 21 heteroatoms. The van der Waals surface area contributed by atoms with Gasteiger partial charge in [-0.3, -0.25) is 24.6 Å². The minimum absolute atomic E-state index is 0.0185. The Kier molecular flexibility index (Phi) is 13.7. The quantitative estimate of drug-likeness (QED) is 0.0690. The number of nitrogens with one attached hydrogen (secondary N) is 2. The Morgan fingerprint density at radius 1 is 0.940 bits per heavy atom. The molecule has 4 N–H and O–H groups in total. The molecule has 16 nitrogen and oxygen atoms in total. The third-order valence-electron chi connectivity index (χ3n) is 13.1. The average Bonchev–Trinajstić information content (AvgIpc) is 3.98. The molecule has 4 atom stereocenters. The molecule has 2 aromatic carbocycles. The number of alkyl halides is 3. The number of hydrogen-bond donors (Lipinski definition) is 3. The molecule has 3 unspecified atom stereocenters. The molecule has 9 rings (SSSR count). The number of imide groups is 1. The number of ether oxygens (including phenoxy) is 4. The first-order chi connectivity index (χ1) is 32.2. The number of fused-ring (bicyclic) bond motifs is 4. The summed E-state index contributed by atoms with van der Waals surface area (Å²) in [6.07, 6.45) is 0.0905. The normalized spacial score (nSPS) is 22.0. The summed E-state index contributed by atoms with van der Waals surface area (Å²) in [4.78, 5) is 56.1. The van der Waals surface area contributed by atoms with Gasteiger partial charge in [-0.2, -0.15) is 23.1 Å². The van der Waals surface area contributed by atoms with E-state index in [1.165, 1.54) is 17.9 Å². The Morgan fingerprint density at radius 2 is 1.70 bits per heavy atom. The van der Waals surface area contributed by atoms with Gasteiger partial charge < -0.3 is 39.8 Å². The van der Waals surface area contributed by atoms with E-state index >= 15 is 4.39 Å². The van der Waals surface area contributed by atoms with Gasteiger partial charge in [-0.05, 0) is 81.8 Å². The van der Waals surface area contributed by atoms with Crippen LogP contribution < -0.4 is 30.7 Å². The number of nitrogens with two attached hydrogens (primary N) is 1. The number of nitrogen functional groups attached to an aromatic ring is 1. The second-order valence-electron chi connectivity index (χ2n) is 17.7.